The molecule has 5 nitrogen and oxygen atoms in total. The number of nitrogens with zero attached hydrogens (tertiary/aromatic N) is 1. The van der Waals surface area contributed by atoms with Crippen molar-refractivity contribution in [2.45, 2.75) is 39.2 Å². The standard InChI is InChI=1S/C12H23N3O2/c1-9(2)14-10(16)7-15(3)11(17)12(8-13)5-4-6-12/h9H,4-8,13H2,1-3H3,(H,14,16). The van der Waals surface area contributed by atoms with Crippen LogP contribution in [0.4, 0.5) is 0 Å². The second-order valence-corrected chi connectivity index (χ2v) is 5.22. The zero-order valence-electron chi connectivity index (χ0n) is 11.0. The minimum absolute atomic E-state index is 0.00477. The van der Waals surface area contributed by atoms with Crippen molar-refractivity contribution >= 4 is 11.8 Å². The van der Waals surface area contributed by atoms with Gasteiger partial charge >= 0.3 is 0 Å². The van der Waals surface area contributed by atoms with Gasteiger partial charge in [-0.05, 0) is 26.7 Å². The van der Waals surface area contributed by atoms with Crippen molar-refractivity contribution in [1.29, 1.82) is 0 Å². The van der Waals surface area contributed by atoms with E-state index in [9.17, 15) is 9.59 Å². The molecule has 1 rings (SSSR count). The van der Waals surface area contributed by atoms with Crippen LogP contribution in [0.5, 0.6) is 0 Å². The molecule has 0 atom stereocenters. The lowest BCUT2D eigenvalue weighted by atomic mass is 9.68. The molecule has 0 bridgehead atoms. The van der Waals surface area contributed by atoms with Crippen molar-refractivity contribution < 1.29 is 9.59 Å². The van der Waals surface area contributed by atoms with Gasteiger partial charge in [0.15, 0.2) is 0 Å². The molecule has 0 saturated heterocycles. The lowest BCUT2D eigenvalue weighted by Crippen LogP contribution is -2.53. The summed E-state index contributed by atoms with van der Waals surface area (Å²) >= 11 is 0. The lowest BCUT2D eigenvalue weighted by molar-refractivity contribution is -0.147. The van der Waals surface area contributed by atoms with Crippen molar-refractivity contribution in [1.82, 2.24) is 10.2 Å². The number of likely N-dealkylation sites (N-methyl/N-ethyl adjacent to an activating group) is 1. The van der Waals surface area contributed by atoms with Crippen molar-refractivity contribution in [3.05, 3.63) is 0 Å². The van der Waals surface area contributed by atoms with Gasteiger partial charge in [0.2, 0.25) is 11.8 Å². The molecule has 0 aromatic rings. The number of hydrogen-bond acceptors (Lipinski definition) is 3. The predicted octanol–water partition coefficient (Wildman–Crippen LogP) is 0.0984. The van der Waals surface area contributed by atoms with E-state index >= 15 is 0 Å². The maximum atomic E-state index is 12.2. The van der Waals surface area contributed by atoms with Crippen LogP contribution in [-0.4, -0.2) is 42.9 Å². The molecule has 98 valence electrons. The van der Waals surface area contributed by atoms with E-state index in [0.29, 0.717) is 6.54 Å². The molecule has 0 spiro atoms. The SMILES string of the molecule is CC(C)NC(=O)CN(C)C(=O)C1(CN)CCC1. The second-order valence-electron chi connectivity index (χ2n) is 5.22. The van der Waals surface area contributed by atoms with Crippen LogP contribution in [0.2, 0.25) is 0 Å². The van der Waals surface area contributed by atoms with Crippen molar-refractivity contribution in [2.75, 3.05) is 20.1 Å². The Morgan fingerprint density at radius 2 is 2.00 bits per heavy atom. The maximum absolute atomic E-state index is 12.2. The van der Waals surface area contributed by atoms with Gasteiger partial charge in [0, 0.05) is 19.6 Å². The molecule has 0 aromatic carbocycles. The average Bonchev–Trinajstić information content (AvgIpc) is 2.14. The first-order valence-corrected chi connectivity index (χ1v) is 6.16. The number of hydrogen-bond donors (Lipinski definition) is 2. The molecule has 0 aliphatic heterocycles. The summed E-state index contributed by atoms with van der Waals surface area (Å²) < 4.78 is 0. The van der Waals surface area contributed by atoms with Crippen molar-refractivity contribution in [3.63, 3.8) is 0 Å². The van der Waals surface area contributed by atoms with Gasteiger partial charge < -0.3 is 16.0 Å². The predicted molar refractivity (Wildman–Crippen MR) is 66.3 cm³/mol. The highest BCUT2D eigenvalue weighted by atomic mass is 16.2. The molecule has 1 aliphatic carbocycles. The summed E-state index contributed by atoms with van der Waals surface area (Å²) in [6, 6.07) is 0.0955. The first-order valence-electron chi connectivity index (χ1n) is 6.16. The molecule has 1 fully saturated rings. The van der Waals surface area contributed by atoms with E-state index in [1.807, 2.05) is 13.8 Å². The Balaban J connectivity index is 2.49. The van der Waals surface area contributed by atoms with Crippen LogP contribution >= 0.6 is 0 Å². The van der Waals surface area contributed by atoms with Crippen LogP contribution in [0.15, 0.2) is 0 Å². The quantitative estimate of drug-likeness (QED) is 0.716. The van der Waals surface area contributed by atoms with Crippen LogP contribution < -0.4 is 11.1 Å². The lowest BCUT2D eigenvalue weighted by Gasteiger charge is -2.41. The second kappa shape index (κ2) is 5.49. The Morgan fingerprint density at radius 3 is 2.35 bits per heavy atom. The smallest absolute Gasteiger partial charge is 0.239 e. The monoisotopic (exact) mass is 241 g/mol. The summed E-state index contributed by atoms with van der Waals surface area (Å²) in [7, 11) is 1.66. The van der Waals surface area contributed by atoms with Gasteiger partial charge in [-0.25, -0.2) is 0 Å². The zero-order valence-corrected chi connectivity index (χ0v) is 11.0. The summed E-state index contributed by atoms with van der Waals surface area (Å²) in [5, 5.41) is 2.77. The molecule has 1 saturated carbocycles. The summed E-state index contributed by atoms with van der Waals surface area (Å²) in [5.41, 5.74) is 5.28. The molecule has 0 radical (unpaired) electrons. The van der Waals surface area contributed by atoms with Crippen molar-refractivity contribution in [2.24, 2.45) is 11.1 Å². The number of nitrogens with two attached hydrogens (primary N) is 1. The van der Waals surface area contributed by atoms with Gasteiger partial charge in [0.25, 0.3) is 0 Å². The average molecular weight is 241 g/mol. The van der Waals surface area contributed by atoms with Gasteiger partial charge in [0.1, 0.15) is 0 Å². The molecular formula is C12H23N3O2. The minimum Gasteiger partial charge on any atom is -0.352 e. The maximum Gasteiger partial charge on any atom is 0.239 e. The largest absolute Gasteiger partial charge is 0.352 e. The molecule has 5 heteroatoms. The molecule has 1 aliphatic rings. The Labute approximate surface area is 103 Å². The highest BCUT2D eigenvalue weighted by Crippen LogP contribution is 2.41. The van der Waals surface area contributed by atoms with Crippen LogP contribution in [0, 0.1) is 5.41 Å². The molecular weight excluding hydrogens is 218 g/mol. The number of nitrogens with one attached hydrogen (secondary N) is 1. The first-order chi connectivity index (χ1) is 7.91. The Bertz CT molecular complexity index is 293. The molecule has 0 aromatic heterocycles. The topological polar surface area (TPSA) is 75.4 Å². The molecule has 0 unspecified atom stereocenters. The fourth-order valence-corrected chi connectivity index (χ4v) is 2.17. The van der Waals surface area contributed by atoms with Gasteiger partial charge in [0.05, 0.1) is 12.0 Å². The van der Waals surface area contributed by atoms with Crippen LogP contribution in [0.25, 0.3) is 0 Å². The van der Waals surface area contributed by atoms with Gasteiger partial charge in [-0.1, -0.05) is 6.42 Å². The number of amides is 2. The third-order valence-corrected chi connectivity index (χ3v) is 3.33. The fourth-order valence-electron chi connectivity index (χ4n) is 2.17. The van der Waals surface area contributed by atoms with Crippen LogP contribution in [0.1, 0.15) is 33.1 Å². The first kappa shape index (κ1) is 14.0. The van der Waals surface area contributed by atoms with E-state index in [0.717, 1.165) is 19.3 Å². The van der Waals surface area contributed by atoms with Crippen LogP contribution in [0.3, 0.4) is 0 Å². The number of carbonyl (C=O) groups is 2. The van der Waals surface area contributed by atoms with E-state index in [1.54, 1.807) is 7.05 Å². The normalized spacial score (nSPS) is 17.5. The summed E-state index contributed by atoms with van der Waals surface area (Å²) in [6.07, 6.45) is 2.74. The van der Waals surface area contributed by atoms with Crippen LogP contribution in [-0.2, 0) is 9.59 Å². The molecule has 17 heavy (non-hydrogen) atoms. The fraction of sp³-hybridized carbons (Fsp3) is 0.833. The van der Waals surface area contributed by atoms with Gasteiger partial charge in [-0.15, -0.1) is 0 Å². The third-order valence-electron chi connectivity index (χ3n) is 3.33. The highest BCUT2D eigenvalue weighted by Gasteiger charge is 2.44. The minimum atomic E-state index is -0.396. The Morgan fingerprint density at radius 1 is 1.41 bits per heavy atom. The molecule has 3 N–H and O–H groups in total. The number of rotatable bonds is 5. The van der Waals surface area contributed by atoms with Gasteiger partial charge in [-0.3, -0.25) is 9.59 Å². The molecule has 2 amide bonds. The van der Waals surface area contributed by atoms with Crippen molar-refractivity contribution in [3.8, 4) is 0 Å². The van der Waals surface area contributed by atoms with E-state index in [2.05, 4.69) is 5.32 Å². The highest BCUT2D eigenvalue weighted by molar-refractivity contribution is 5.88. The third kappa shape index (κ3) is 3.19. The Hall–Kier alpha value is -1.10. The van der Waals surface area contributed by atoms with E-state index in [4.69, 9.17) is 5.73 Å². The zero-order chi connectivity index (χ0) is 13.1. The summed E-state index contributed by atoms with van der Waals surface area (Å²) in [5.74, 6) is -0.118. The van der Waals surface area contributed by atoms with E-state index in [-0.39, 0.29) is 24.4 Å². The van der Waals surface area contributed by atoms with E-state index in [1.165, 1.54) is 4.90 Å². The number of carbonyl (C=O) groups excluding carboxylic acids is 2. The summed E-state index contributed by atoms with van der Waals surface area (Å²) in [6.45, 7) is 4.28. The Kier molecular flexibility index (Phi) is 4.51. The molecule has 0 heterocycles. The summed E-state index contributed by atoms with van der Waals surface area (Å²) in [4.78, 5) is 25.2. The van der Waals surface area contributed by atoms with Gasteiger partial charge in [-0.2, -0.15) is 0 Å². The van der Waals surface area contributed by atoms with E-state index < -0.39 is 5.41 Å².